The molecule has 0 amide bonds. The van der Waals surface area contributed by atoms with E-state index in [0.29, 0.717) is 40.6 Å². The van der Waals surface area contributed by atoms with Crippen molar-refractivity contribution in [3.05, 3.63) is 54.1 Å². The van der Waals surface area contributed by atoms with Gasteiger partial charge in [0.2, 0.25) is 0 Å². The predicted octanol–water partition coefficient (Wildman–Crippen LogP) is 3.76. The van der Waals surface area contributed by atoms with Crippen LogP contribution in [0.15, 0.2) is 47.6 Å². The lowest BCUT2D eigenvalue weighted by atomic mass is 9.93. The first kappa shape index (κ1) is 29.0. The van der Waals surface area contributed by atoms with Crippen LogP contribution in [0.5, 0.6) is 0 Å². The van der Waals surface area contributed by atoms with Gasteiger partial charge < -0.3 is 0 Å². The minimum atomic E-state index is -4.64. The Morgan fingerprint density at radius 3 is 2.48 bits per heavy atom. The molecule has 11 nitrogen and oxygen atoms in total. The Kier molecular flexibility index (Phi) is 7.10. The second-order valence-corrected chi connectivity index (χ2v) is 14.5. The summed E-state index contributed by atoms with van der Waals surface area (Å²) in [6.07, 6.45) is -0.517. The SMILES string of the molecule is CC[C@@H]1C[C@H](NS(=O)(=O)N2CCC[C@H]2C(F)(F)F)C[C@@H]1c1nnc2cnc3c(ccn3S(=O)(=O)c3ccc(C)cc3)n12. The molecule has 0 bridgehead atoms. The Bertz CT molecular complexity index is 1850. The van der Waals surface area contributed by atoms with Crippen LogP contribution in [0.25, 0.3) is 16.8 Å². The number of nitrogens with one attached hydrogen (secondary N) is 1. The van der Waals surface area contributed by atoms with E-state index in [4.69, 9.17) is 0 Å². The van der Waals surface area contributed by atoms with Gasteiger partial charge in [-0.1, -0.05) is 31.0 Å². The molecule has 6 rings (SSSR count). The summed E-state index contributed by atoms with van der Waals surface area (Å²) in [5.74, 6) is 0.201. The molecule has 0 radical (unpaired) electrons. The summed E-state index contributed by atoms with van der Waals surface area (Å²) in [7, 11) is -8.33. The van der Waals surface area contributed by atoms with Crippen molar-refractivity contribution in [2.24, 2.45) is 5.92 Å². The highest BCUT2D eigenvalue weighted by Gasteiger charge is 2.51. The third-order valence-electron chi connectivity index (χ3n) is 8.40. The second-order valence-electron chi connectivity index (χ2n) is 11.0. The maximum absolute atomic E-state index is 13.5. The Hall–Kier alpha value is -3.08. The smallest absolute Gasteiger partial charge is 0.274 e. The summed E-state index contributed by atoms with van der Waals surface area (Å²) >= 11 is 0. The fraction of sp³-hybridized carbons (Fsp3) is 0.500. The van der Waals surface area contributed by atoms with Gasteiger partial charge in [-0.25, -0.2) is 17.4 Å². The molecule has 2 fully saturated rings. The van der Waals surface area contributed by atoms with E-state index in [1.54, 1.807) is 22.6 Å². The summed E-state index contributed by atoms with van der Waals surface area (Å²) in [6, 6.07) is 5.48. The summed E-state index contributed by atoms with van der Waals surface area (Å²) < 4.78 is 99.4. The Morgan fingerprint density at radius 2 is 1.79 bits per heavy atom. The van der Waals surface area contributed by atoms with E-state index < -0.39 is 38.5 Å². The Labute approximate surface area is 241 Å². The van der Waals surface area contributed by atoms with Crippen molar-refractivity contribution in [1.29, 1.82) is 0 Å². The van der Waals surface area contributed by atoms with Gasteiger partial charge in [0.1, 0.15) is 11.9 Å². The molecule has 1 aliphatic carbocycles. The lowest BCUT2D eigenvalue weighted by molar-refractivity contribution is -0.165. The standard InChI is InChI=1S/C26H30F3N7O4S2/c1-3-17-13-18(33-42(39,40)34-11-4-5-22(34)26(27,28)29)14-20(17)24-32-31-23-15-30-25-21(36(23)24)10-12-35(25)41(37,38)19-8-6-16(2)7-9-19/h6-10,12,15,17-18,20,22,33H,3-5,11,13-14H2,1-2H3/t17-,18+,20+,22+/m1/s1. The molecule has 1 saturated carbocycles. The monoisotopic (exact) mass is 625 g/mol. The number of halogens is 3. The van der Waals surface area contributed by atoms with Crippen LogP contribution in [-0.4, -0.2) is 69.5 Å². The molecule has 1 aromatic carbocycles. The average molecular weight is 626 g/mol. The van der Waals surface area contributed by atoms with E-state index in [9.17, 15) is 30.0 Å². The predicted molar refractivity (Wildman–Crippen MR) is 147 cm³/mol. The zero-order valence-electron chi connectivity index (χ0n) is 22.9. The van der Waals surface area contributed by atoms with E-state index in [-0.39, 0.29) is 41.8 Å². The van der Waals surface area contributed by atoms with Gasteiger partial charge >= 0.3 is 6.18 Å². The largest absolute Gasteiger partial charge is 0.405 e. The number of hydrogen-bond donors (Lipinski definition) is 1. The number of hydrogen-bond acceptors (Lipinski definition) is 7. The van der Waals surface area contributed by atoms with Gasteiger partial charge in [-0.3, -0.25) is 4.40 Å². The van der Waals surface area contributed by atoms with Crippen molar-refractivity contribution in [1.82, 2.24) is 32.6 Å². The molecule has 2 aliphatic rings. The third kappa shape index (κ3) is 4.87. The van der Waals surface area contributed by atoms with E-state index >= 15 is 0 Å². The number of rotatable bonds is 7. The highest BCUT2D eigenvalue weighted by atomic mass is 32.2. The van der Waals surface area contributed by atoms with E-state index in [1.807, 2.05) is 13.8 Å². The molecule has 1 N–H and O–H groups in total. The lowest BCUT2D eigenvalue weighted by Crippen LogP contribution is -2.51. The molecule has 226 valence electrons. The van der Waals surface area contributed by atoms with Gasteiger partial charge in [-0.2, -0.15) is 30.6 Å². The molecule has 0 unspecified atom stereocenters. The zero-order valence-corrected chi connectivity index (χ0v) is 24.5. The Morgan fingerprint density at radius 1 is 1.05 bits per heavy atom. The topological polar surface area (TPSA) is 132 Å². The quantitative estimate of drug-likeness (QED) is 0.331. The average Bonchev–Trinajstić information content (AvgIpc) is 3.72. The van der Waals surface area contributed by atoms with Crippen molar-refractivity contribution in [2.75, 3.05) is 6.54 Å². The van der Waals surface area contributed by atoms with Crippen molar-refractivity contribution in [3.63, 3.8) is 0 Å². The molecule has 4 aromatic rings. The van der Waals surface area contributed by atoms with Crippen LogP contribution in [0.2, 0.25) is 0 Å². The molecular formula is C26H30F3N7O4S2. The number of alkyl halides is 3. The Balaban J connectivity index is 1.33. The van der Waals surface area contributed by atoms with Crippen molar-refractivity contribution in [2.45, 2.75) is 75.0 Å². The van der Waals surface area contributed by atoms with Crippen LogP contribution in [0, 0.1) is 12.8 Å². The van der Waals surface area contributed by atoms with Gasteiger partial charge in [0.15, 0.2) is 11.3 Å². The normalized spacial score (nSPS) is 24.3. The summed E-state index contributed by atoms with van der Waals surface area (Å²) in [6.45, 7) is 3.63. The van der Waals surface area contributed by atoms with Gasteiger partial charge in [-0.15, -0.1) is 10.2 Å². The molecule has 4 atom stereocenters. The van der Waals surface area contributed by atoms with Crippen molar-refractivity contribution in [3.8, 4) is 0 Å². The lowest BCUT2D eigenvalue weighted by Gasteiger charge is -2.27. The third-order valence-corrected chi connectivity index (χ3v) is 11.8. The number of benzene rings is 1. The van der Waals surface area contributed by atoms with E-state index in [2.05, 4.69) is 19.9 Å². The summed E-state index contributed by atoms with van der Waals surface area (Å²) in [4.78, 5) is 4.47. The molecule has 1 saturated heterocycles. The van der Waals surface area contributed by atoms with E-state index in [1.165, 1.54) is 24.5 Å². The molecule has 42 heavy (non-hydrogen) atoms. The van der Waals surface area contributed by atoms with Gasteiger partial charge in [0.25, 0.3) is 20.2 Å². The van der Waals surface area contributed by atoms with Crippen LogP contribution in [-0.2, 0) is 20.2 Å². The van der Waals surface area contributed by atoms with Crippen LogP contribution >= 0.6 is 0 Å². The minimum Gasteiger partial charge on any atom is -0.274 e. The molecule has 0 spiro atoms. The number of aryl methyl sites for hydroxylation is 1. The van der Waals surface area contributed by atoms with E-state index in [0.717, 1.165) is 9.54 Å². The first-order chi connectivity index (χ1) is 19.8. The highest BCUT2D eigenvalue weighted by molar-refractivity contribution is 7.90. The first-order valence-corrected chi connectivity index (χ1v) is 16.6. The molecule has 16 heteroatoms. The highest BCUT2D eigenvalue weighted by Crippen LogP contribution is 2.42. The molecule has 1 aliphatic heterocycles. The fourth-order valence-corrected chi connectivity index (χ4v) is 9.31. The van der Waals surface area contributed by atoms with Crippen LogP contribution in [0.1, 0.15) is 56.3 Å². The van der Waals surface area contributed by atoms with Gasteiger partial charge in [0, 0.05) is 24.7 Å². The summed E-state index contributed by atoms with van der Waals surface area (Å²) in [5.41, 5.74) is 1.96. The number of nitrogens with zero attached hydrogens (tertiary/aromatic N) is 6. The molecular weight excluding hydrogens is 595 g/mol. The molecule has 4 heterocycles. The minimum absolute atomic E-state index is 0.0383. The van der Waals surface area contributed by atoms with Crippen LogP contribution < -0.4 is 4.72 Å². The first-order valence-electron chi connectivity index (χ1n) is 13.7. The summed E-state index contributed by atoms with van der Waals surface area (Å²) in [5, 5.41) is 8.64. The van der Waals surface area contributed by atoms with Crippen LogP contribution in [0.3, 0.4) is 0 Å². The van der Waals surface area contributed by atoms with Gasteiger partial charge in [0.05, 0.1) is 16.6 Å². The zero-order chi connectivity index (χ0) is 30.0. The maximum atomic E-state index is 13.5. The fourth-order valence-electron chi connectivity index (χ4n) is 6.33. The second kappa shape index (κ2) is 10.3. The van der Waals surface area contributed by atoms with Crippen molar-refractivity contribution >= 4 is 37.0 Å². The number of fused-ring (bicyclic) bond motifs is 3. The number of aromatic nitrogens is 5. The van der Waals surface area contributed by atoms with Crippen LogP contribution in [0.4, 0.5) is 13.2 Å². The van der Waals surface area contributed by atoms with Gasteiger partial charge in [-0.05, 0) is 56.7 Å². The van der Waals surface area contributed by atoms with Crippen molar-refractivity contribution < 1.29 is 30.0 Å². The maximum Gasteiger partial charge on any atom is 0.405 e. The molecule has 3 aromatic heterocycles.